The number of anilines is 3. The SMILES string of the molecule is Cc1ccc(/C=C/S(=O)(=O)N2CCN(c3cc(C)nc(Nc4ccc(C)cc4)n3)CC2)cc1. The zero-order chi connectivity index (χ0) is 23.4. The van der Waals surface area contributed by atoms with Gasteiger partial charge in [-0.2, -0.15) is 9.29 Å². The van der Waals surface area contributed by atoms with E-state index >= 15 is 0 Å². The van der Waals surface area contributed by atoms with E-state index in [1.54, 1.807) is 6.08 Å². The van der Waals surface area contributed by atoms with Gasteiger partial charge >= 0.3 is 0 Å². The van der Waals surface area contributed by atoms with Crippen LogP contribution in [0, 0.1) is 20.8 Å². The largest absolute Gasteiger partial charge is 0.354 e. The molecule has 8 heteroatoms. The van der Waals surface area contributed by atoms with Crippen LogP contribution in [-0.2, 0) is 10.0 Å². The van der Waals surface area contributed by atoms with Gasteiger partial charge in [-0.3, -0.25) is 0 Å². The molecule has 4 rings (SSSR count). The average molecular weight is 464 g/mol. The molecule has 1 aliphatic rings. The van der Waals surface area contributed by atoms with Gasteiger partial charge in [0, 0.05) is 49.0 Å². The first-order chi connectivity index (χ1) is 15.8. The number of rotatable bonds is 6. The number of nitrogens with one attached hydrogen (secondary N) is 1. The molecular formula is C25H29N5O2S. The Hall–Kier alpha value is -3.23. The monoisotopic (exact) mass is 463 g/mol. The van der Waals surface area contributed by atoms with Crippen LogP contribution in [0.4, 0.5) is 17.5 Å². The third-order valence-corrected chi connectivity index (χ3v) is 7.15. The van der Waals surface area contributed by atoms with E-state index in [4.69, 9.17) is 0 Å². The van der Waals surface area contributed by atoms with Crippen LogP contribution in [0.15, 0.2) is 60.0 Å². The van der Waals surface area contributed by atoms with Crippen LogP contribution in [0.3, 0.4) is 0 Å². The molecule has 33 heavy (non-hydrogen) atoms. The fourth-order valence-electron chi connectivity index (χ4n) is 3.64. The molecule has 1 aromatic heterocycles. The van der Waals surface area contributed by atoms with E-state index in [1.807, 2.05) is 75.4 Å². The molecular weight excluding hydrogens is 434 g/mol. The smallest absolute Gasteiger partial charge is 0.236 e. The molecule has 1 fully saturated rings. The first-order valence-corrected chi connectivity index (χ1v) is 12.5. The minimum atomic E-state index is -3.48. The topological polar surface area (TPSA) is 78.4 Å². The van der Waals surface area contributed by atoms with Crippen LogP contribution in [0.5, 0.6) is 0 Å². The predicted molar refractivity (Wildman–Crippen MR) is 134 cm³/mol. The van der Waals surface area contributed by atoms with Gasteiger partial charge in [0.15, 0.2) is 0 Å². The quantitative estimate of drug-likeness (QED) is 0.588. The lowest BCUT2D eigenvalue weighted by Gasteiger charge is -2.34. The van der Waals surface area contributed by atoms with Crippen molar-refractivity contribution >= 4 is 33.6 Å². The molecule has 7 nitrogen and oxygen atoms in total. The normalized spacial score (nSPS) is 15.2. The Kier molecular flexibility index (Phi) is 6.76. The van der Waals surface area contributed by atoms with Crippen molar-refractivity contribution < 1.29 is 8.42 Å². The highest BCUT2D eigenvalue weighted by Gasteiger charge is 2.26. The fraction of sp³-hybridized carbons (Fsp3) is 0.280. The van der Waals surface area contributed by atoms with Crippen LogP contribution in [-0.4, -0.2) is 48.9 Å². The van der Waals surface area contributed by atoms with Crippen LogP contribution < -0.4 is 10.2 Å². The number of benzene rings is 2. The van der Waals surface area contributed by atoms with Gasteiger partial charge in [0.1, 0.15) is 5.82 Å². The Bertz CT molecular complexity index is 1230. The summed E-state index contributed by atoms with van der Waals surface area (Å²) < 4.78 is 27.1. The van der Waals surface area contributed by atoms with Crippen molar-refractivity contribution in [2.75, 3.05) is 36.4 Å². The third-order valence-electron chi connectivity index (χ3n) is 5.58. The van der Waals surface area contributed by atoms with Gasteiger partial charge in [0.05, 0.1) is 0 Å². The maximum absolute atomic E-state index is 12.8. The van der Waals surface area contributed by atoms with Gasteiger partial charge < -0.3 is 10.2 Å². The minimum Gasteiger partial charge on any atom is -0.354 e. The number of nitrogens with zero attached hydrogens (tertiary/aromatic N) is 4. The van der Waals surface area contributed by atoms with Crippen molar-refractivity contribution in [3.05, 3.63) is 82.4 Å². The van der Waals surface area contributed by atoms with E-state index in [2.05, 4.69) is 20.2 Å². The summed E-state index contributed by atoms with van der Waals surface area (Å²) in [6, 6.07) is 17.8. The molecule has 0 bridgehead atoms. The van der Waals surface area contributed by atoms with Crippen LogP contribution >= 0.6 is 0 Å². The molecule has 0 spiro atoms. The highest BCUT2D eigenvalue weighted by Crippen LogP contribution is 2.21. The van der Waals surface area contributed by atoms with Gasteiger partial charge in [0.25, 0.3) is 0 Å². The second-order valence-electron chi connectivity index (χ2n) is 8.33. The summed E-state index contributed by atoms with van der Waals surface area (Å²) in [6.45, 7) is 7.93. The molecule has 3 aromatic rings. The zero-order valence-corrected chi connectivity index (χ0v) is 20.0. The van der Waals surface area contributed by atoms with Crippen LogP contribution in [0.25, 0.3) is 6.08 Å². The summed E-state index contributed by atoms with van der Waals surface area (Å²) in [5, 5.41) is 4.55. The molecule has 1 aliphatic heterocycles. The van der Waals surface area contributed by atoms with Gasteiger partial charge in [0.2, 0.25) is 16.0 Å². The minimum absolute atomic E-state index is 0.407. The predicted octanol–water partition coefficient (Wildman–Crippen LogP) is 4.27. The second-order valence-corrected chi connectivity index (χ2v) is 10.1. The molecule has 1 N–H and O–H groups in total. The van der Waals surface area contributed by atoms with Gasteiger partial charge in [-0.05, 0) is 44.5 Å². The summed E-state index contributed by atoms with van der Waals surface area (Å²) in [5.74, 6) is 1.33. The highest BCUT2D eigenvalue weighted by atomic mass is 32.2. The Balaban J connectivity index is 1.41. The van der Waals surface area contributed by atoms with E-state index in [9.17, 15) is 8.42 Å². The van der Waals surface area contributed by atoms with E-state index < -0.39 is 10.0 Å². The third kappa shape index (κ3) is 5.97. The molecule has 0 unspecified atom stereocenters. The van der Waals surface area contributed by atoms with Gasteiger partial charge in [-0.1, -0.05) is 47.5 Å². The van der Waals surface area contributed by atoms with E-state index in [1.165, 1.54) is 15.3 Å². The molecule has 1 saturated heterocycles. The lowest BCUT2D eigenvalue weighted by molar-refractivity contribution is 0.389. The zero-order valence-electron chi connectivity index (χ0n) is 19.2. The van der Waals surface area contributed by atoms with Gasteiger partial charge in [-0.15, -0.1) is 0 Å². The second kappa shape index (κ2) is 9.72. The number of hydrogen-bond donors (Lipinski definition) is 1. The maximum Gasteiger partial charge on any atom is 0.236 e. The number of aromatic nitrogens is 2. The molecule has 172 valence electrons. The van der Waals surface area contributed by atoms with Gasteiger partial charge in [-0.25, -0.2) is 13.4 Å². The lowest BCUT2D eigenvalue weighted by Crippen LogP contribution is -2.48. The van der Waals surface area contributed by atoms with Crippen molar-refractivity contribution in [3.63, 3.8) is 0 Å². The number of hydrogen-bond acceptors (Lipinski definition) is 6. The molecule has 0 aliphatic carbocycles. The van der Waals surface area contributed by atoms with Crippen molar-refractivity contribution in [2.45, 2.75) is 20.8 Å². The first kappa shape index (κ1) is 22.9. The van der Waals surface area contributed by atoms with E-state index in [-0.39, 0.29) is 0 Å². The molecule has 2 aromatic carbocycles. The van der Waals surface area contributed by atoms with Crippen LogP contribution in [0.1, 0.15) is 22.4 Å². The first-order valence-electron chi connectivity index (χ1n) is 11.0. The maximum atomic E-state index is 12.8. The Morgan fingerprint density at radius 2 is 1.45 bits per heavy atom. The van der Waals surface area contributed by atoms with Crippen molar-refractivity contribution in [2.24, 2.45) is 0 Å². The highest BCUT2D eigenvalue weighted by molar-refractivity contribution is 7.92. The number of aryl methyl sites for hydroxylation is 3. The summed E-state index contributed by atoms with van der Waals surface area (Å²) in [4.78, 5) is 11.3. The lowest BCUT2D eigenvalue weighted by atomic mass is 10.2. The number of sulfonamides is 1. The summed E-state index contributed by atoms with van der Waals surface area (Å²) >= 11 is 0. The fourth-order valence-corrected chi connectivity index (χ4v) is 4.81. The van der Waals surface area contributed by atoms with Crippen molar-refractivity contribution in [1.82, 2.24) is 14.3 Å². The average Bonchev–Trinajstić information content (AvgIpc) is 2.80. The Labute approximate surface area is 195 Å². The van der Waals surface area contributed by atoms with E-state index in [0.29, 0.717) is 32.1 Å². The van der Waals surface area contributed by atoms with Crippen molar-refractivity contribution in [1.29, 1.82) is 0 Å². The molecule has 0 atom stereocenters. The summed E-state index contributed by atoms with van der Waals surface area (Å²) in [5.41, 5.74) is 4.98. The Morgan fingerprint density at radius 1 is 0.848 bits per heavy atom. The molecule has 0 amide bonds. The van der Waals surface area contributed by atoms with Crippen molar-refractivity contribution in [3.8, 4) is 0 Å². The molecule has 0 saturated carbocycles. The summed E-state index contributed by atoms with van der Waals surface area (Å²) in [7, 11) is -3.48. The molecule has 2 heterocycles. The Morgan fingerprint density at radius 3 is 2.09 bits per heavy atom. The molecule has 0 radical (unpaired) electrons. The standard InChI is InChI=1S/C25H29N5O2S/c1-19-4-8-22(9-5-19)12-17-33(31,32)30-15-13-29(14-16-30)24-18-21(3)26-25(28-24)27-23-10-6-20(2)7-11-23/h4-12,17-18H,13-16H2,1-3H3,(H,26,27,28)/b17-12+. The van der Waals surface area contributed by atoms with Crippen LogP contribution in [0.2, 0.25) is 0 Å². The summed E-state index contributed by atoms with van der Waals surface area (Å²) in [6.07, 6.45) is 1.65. The number of piperazine rings is 1. The van der Waals surface area contributed by atoms with E-state index in [0.717, 1.165) is 28.3 Å².